The summed E-state index contributed by atoms with van der Waals surface area (Å²) in [5.41, 5.74) is 3.15. The molecular weight excluding hydrogens is 396 g/mol. The third-order valence-electron chi connectivity index (χ3n) is 3.80. The summed E-state index contributed by atoms with van der Waals surface area (Å²) >= 11 is 4.63. The summed E-state index contributed by atoms with van der Waals surface area (Å²) in [6.45, 7) is 8.80. The molecule has 0 N–H and O–H groups in total. The van der Waals surface area contributed by atoms with E-state index in [1.807, 2.05) is 32.0 Å². The monoisotopic (exact) mass is 420 g/mol. The first-order chi connectivity index (χ1) is 12.9. The Hall–Kier alpha value is -1.56. The lowest BCUT2D eigenvalue weighted by molar-refractivity contribution is -0.116. The molecule has 1 heterocycles. The lowest BCUT2D eigenvalue weighted by atomic mass is 10.1. The molecule has 0 bridgehead atoms. The van der Waals surface area contributed by atoms with Gasteiger partial charge in [0.05, 0.1) is 18.2 Å². The second-order valence-corrected chi connectivity index (χ2v) is 10.0. The Morgan fingerprint density at radius 2 is 1.93 bits per heavy atom. The Kier molecular flexibility index (Phi) is 8.61. The molecular formula is C19H24N4OS3. The second-order valence-electron chi connectivity index (χ2n) is 6.55. The van der Waals surface area contributed by atoms with Crippen molar-refractivity contribution < 1.29 is 4.79 Å². The summed E-state index contributed by atoms with van der Waals surface area (Å²) in [4.78, 5) is 14.5. The van der Waals surface area contributed by atoms with Crippen molar-refractivity contribution in [1.29, 1.82) is 5.26 Å². The summed E-state index contributed by atoms with van der Waals surface area (Å²) in [5, 5.41) is 17.3. The van der Waals surface area contributed by atoms with E-state index < -0.39 is 0 Å². The fourth-order valence-corrected chi connectivity index (χ4v) is 5.08. The molecule has 0 atom stereocenters. The summed E-state index contributed by atoms with van der Waals surface area (Å²) < 4.78 is 1.74. The van der Waals surface area contributed by atoms with E-state index in [9.17, 15) is 4.79 Å². The van der Waals surface area contributed by atoms with E-state index in [1.54, 1.807) is 16.7 Å². The maximum absolute atomic E-state index is 12.8. The molecule has 27 heavy (non-hydrogen) atoms. The summed E-state index contributed by atoms with van der Waals surface area (Å²) in [6, 6.07) is 8.07. The molecule has 2 aromatic rings. The van der Waals surface area contributed by atoms with Crippen LogP contribution in [0.5, 0.6) is 0 Å². The molecule has 5 nitrogen and oxygen atoms in total. The standard InChI is InChI=1S/C19H24N4OS3/c1-13(2)11-25-18-21-22-19(27-18)26-12-17(24)23(9-5-8-20)16-7-6-14(3)15(4)10-16/h6-7,10,13H,5,9,11-12H2,1-4H3. The van der Waals surface area contributed by atoms with Crippen LogP contribution in [0.4, 0.5) is 5.69 Å². The van der Waals surface area contributed by atoms with Gasteiger partial charge in [-0.3, -0.25) is 4.79 Å². The van der Waals surface area contributed by atoms with Crippen LogP contribution >= 0.6 is 34.9 Å². The van der Waals surface area contributed by atoms with Gasteiger partial charge in [-0.1, -0.05) is 54.8 Å². The third-order valence-corrected chi connectivity index (χ3v) is 7.40. The minimum absolute atomic E-state index is 0.0231. The number of rotatable bonds is 9. The van der Waals surface area contributed by atoms with Crippen LogP contribution in [-0.4, -0.2) is 34.2 Å². The Morgan fingerprint density at radius 3 is 2.56 bits per heavy atom. The zero-order valence-electron chi connectivity index (χ0n) is 16.1. The molecule has 0 fully saturated rings. The minimum atomic E-state index is -0.0231. The second kappa shape index (κ2) is 10.7. The van der Waals surface area contributed by atoms with E-state index in [0.29, 0.717) is 18.9 Å². The van der Waals surface area contributed by atoms with Crippen molar-refractivity contribution in [3.8, 4) is 6.07 Å². The van der Waals surface area contributed by atoms with E-state index in [-0.39, 0.29) is 11.7 Å². The average molecular weight is 421 g/mol. The first-order valence-corrected chi connectivity index (χ1v) is 11.5. The zero-order chi connectivity index (χ0) is 19.8. The molecule has 0 radical (unpaired) electrons. The molecule has 0 spiro atoms. The number of carbonyl (C=O) groups excluding carboxylic acids is 1. The normalized spacial score (nSPS) is 10.8. The highest BCUT2D eigenvalue weighted by Crippen LogP contribution is 2.30. The van der Waals surface area contributed by atoms with Crippen LogP contribution in [0, 0.1) is 31.1 Å². The van der Waals surface area contributed by atoms with Gasteiger partial charge in [0.25, 0.3) is 0 Å². The molecule has 0 saturated carbocycles. The lowest BCUT2D eigenvalue weighted by Gasteiger charge is -2.22. The molecule has 1 amide bonds. The number of aromatic nitrogens is 2. The number of hydrogen-bond donors (Lipinski definition) is 0. The lowest BCUT2D eigenvalue weighted by Crippen LogP contribution is -2.33. The van der Waals surface area contributed by atoms with Gasteiger partial charge in [0.15, 0.2) is 8.68 Å². The molecule has 1 aromatic carbocycles. The van der Waals surface area contributed by atoms with Gasteiger partial charge >= 0.3 is 0 Å². The van der Waals surface area contributed by atoms with Crippen molar-refractivity contribution in [3.63, 3.8) is 0 Å². The average Bonchev–Trinajstić information content (AvgIpc) is 3.09. The number of carbonyl (C=O) groups is 1. The van der Waals surface area contributed by atoms with Gasteiger partial charge in [0.1, 0.15) is 0 Å². The van der Waals surface area contributed by atoms with Crippen molar-refractivity contribution in [1.82, 2.24) is 10.2 Å². The maximum Gasteiger partial charge on any atom is 0.237 e. The Balaban J connectivity index is 2.01. The SMILES string of the molecule is Cc1ccc(N(CCC#N)C(=O)CSc2nnc(SCC(C)C)s2)cc1C. The van der Waals surface area contributed by atoms with Gasteiger partial charge in [-0.15, -0.1) is 10.2 Å². The van der Waals surface area contributed by atoms with Crippen LogP contribution < -0.4 is 4.90 Å². The number of nitrogens with zero attached hydrogens (tertiary/aromatic N) is 4. The summed E-state index contributed by atoms with van der Waals surface area (Å²) in [6.07, 6.45) is 0.304. The van der Waals surface area contributed by atoms with Gasteiger partial charge < -0.3 is 4.90 Å². The van der Waals surface area contributed by atoms with E-state index in [2.05, 4.69) is 30.1 Å². The maximum atomic E-state index is 12.8. The first kappa shape index (κ1) is 21.7. The van der Waals surface area contributed by atoms with Gasteiger partial charge in [0, 0.05) is 18.0 Å². The largest absolute Gasteiger partial charge is 0.311 e. The van der Waals surface area contributed by atoms with E-state index >= 15 is 0 Å². The zero-order valence-corrected chi connectivity index (χ0v) is 18.5. The van der Waals surface area contributed by atoms with Crippen LogP contribution in [0.15, 0.2) is 26.9 Å². The predicted molar refractivity (Wildman–Crippen MR) is 115 cm³/mol. The van der Waals surface area contributed by atoms with Crippen molar-refractivity contribution in [2.45, 2.75) is 42.8 Å². The van der Waals surface area contributed by atoms with Gasteiger partial charge in [-0.2, -0.15) is 5.26 Å². The quantitative estimate of drug-likeness (QED) is 0.535. The van der Waals surface area contributed by atoms with Crippen molar-refractivity contribution in [3.05, 3.63) is 29.3 Å². The Labute approximate surface area is 173 Å². The molecule has 0 unspecified atom stereocenters. The predicted octanol–water partition coefficient (Wildman–Crippen LogP) is 4.94. The number of amides is 1. The topological polar surface area (TPSA) is 69.9 Å². The highest BCUT2D eigenvalue weighted by Gasteiger charge is 2.17. The molecule has 0 aliphatic rings. The molecule has 1 aromatic heterocycles. The molecule has 0 saturated heterocycles. The molecule has 144 valence electrons. The molecule has 0 aliphatic carbocycles. The number of thioether (sulfide) groups is 2. The van der Waals surface area contributed by atoms with Gasteiger partial charge in [0.2, 0.25) is 5.91 Å². The number of aryl methyl sites for hydroxylation is 2. The van der Waals surface area contributed by atoms with Crippen molar-refractivity contribution >= 4 is 46.5 Å². The molecule has 2 rings (SSSR count). The highest BCUT2D eigenvalue weighted by atomic mass is 32.2. The summed E-state index contributed by atoms with van der Waals surface area (Å²) in [5.74, 6) is 1.86. The molecule has 0 aliphatic heterocycles. The van der Waals surface area contributed by atoms with Crippen LogP contribution in [0.1, 0.15) is 31.4 Å². The van der Waals surface area contributed by atoms with Crippen LogP contribution in [0.2, 0.25) is 0 Å². The highest BCUT2D eigenvalue weighted by molar-refractivity contribution is 8.03. The number of anilines is 1. The van der Waals surface area contributed by atoms with Gasteiger partial charge in [-0.25, -0.2) is 0 Å². The van der Waals surface area contributed by atoms with E-state index in [4.69, 9.17) is 5.26 Å². The van der Waals surface area contributed by atoms with Crippen molar-refractivity contribution in [2.75, 3.05) is 23.0 Å². The van der Waals surface area contributed by atoms with Crippen LogP contribution in [-0.2, 0) is 4.79 Å². The first-order valence-electron chi connectivity index (χ1n) is 8.74. The Bertz CT molecular complexity index is 814. The summed E-state index contributed by atoms with van der Waals surface area (Å²) in [7, 11) is 0. The van der Waals surface area contributed by atoms with E-state index in [0.717, 1.165) is 25.7 Å². The van der Waals surface area contributed by atoms with Crippen LogP contribution in [0.25, 0.3) is 0 Å². The minimum Gasteiger partial charge on any atom is -0.311 e. The number of benzene rings is 1. The molecule has 8 heteroatoms. The third kappa shape index (κ3) is 6.83. The number of hydrogen-bond acceptors (Lipinski definition) is 7. The number of nitriles is 1. The Morgan fingerprint density at radius 1 is 1.22 bits per heavy atom. The fraction of sp³-hybridized carbons (Fsp3) is 0.474. The van der Waals surface area contributed by atoms with Crippen molar-refractivity contribution in [2.24, 2.45) is 5.92 Å². The van der Waals surface area contributed by atoms with E-state index in [1.165, 1.54) is 28.7 Å². The smallest absolute Gasteiger partial charge is 0.237 e. The fourth-order valence-electron chi connectivity index (χ4n) is 2.21. The van der Waals surface area contributed by atoms with Gasteiger partial charge in [-0.05, 0) is 43.0 Å². The van der Waals surface area contributed by atoms with Crippen LogP contribution in [0.3, 0.4) is 0 Å².